The van der Waals surface area contributed by atoms with Gasteiger partial charge in [0, 0.05) is 33.2 Å². The SMILES string of the molecule is CC(C)(C)c1ccc2c(c1)c1cc(C(C)(C)C)ccc1n2-c1cc(-c2cc([Si](c3ccccc3)(c3ccccc3)c3ccccc3)cc([Si](c3ccccc3)(c3ccccc3)c3cccc(-c4ccccc4)c3)c2)nc(-n2c3ccccc3c3ccccc32)n1. The van der Waals surface area contributed by atoms with Crippen LogP contribution >= 0.6 is 0 Å². The molecule has 0 fully saturated rings. The molecule has 0 saturated carbocycles. The average molecular weight is 1190 g/mol. The van der Waals surface area contributed by atoms with Crippen molar-refractivity contribution in [2.75, 3.05) is 0 Å². The first kappa shape index (κ1) is 56.3. The van der Waals surface area contributed by atoms with Crippen LogP contribution in [-0.2, 0) is 10.8 Å². The van der Waals surface area contributed by atoms with Crippen LogP contribution in [0.1, 0.15) is 52.7 Å². The highest BCUT2D eigenvalue weighted by atomic mass is 28.3. The van der Waals surface area contributed by atoms with Crippen molar-refractivity contribution in [1.29, 1.82) is 0 Å². The van der Waals surface area contributed by atoms with Crippen molar-refractivity contribution in [3.05, 3.63) is 327 Å². The van der Waals surface area contributed by atoms with Crippen LogP contribution < -0.4 is 41.5 Å². The molecular weight excluding hydrogens is 1120 g/mol. The maximum Gasteiger partial charge on any atom is 0.237 e. The summed E-state index contributed by atoms with van der Waals surface area (Å²) in [5, 5.41) is 15.0. The first-order valence-electron chi connectivity index (χ1n) is 31.5. The van der Waals surface area contributed by atoms with Gasteiger partial charge in [0.25, 0.3) is 0 Å². The number of benzene rings is 12. The van der Waals surface area contributed by atoms with Gasteiger partial charge in [0.15, 0.2) is 16.1 Å². The molecule has 0 N–H and O–H groups in total. The Morgan fingerprint density at radius 3 is 1.04 bits per heavy atom. The zero-order valence-corrected chi connectivity index (χ0v) is 53.8. The summed E-state index contributed by atoms with van der Waals surface area (Å²) < 4.78 is 4.71. The van der Waals surface area contributed by atoms with Crippen LogP contribution in [-0.4, -0.2) is 35.2 Å². The second-order valence-electron chi connectivity index (χ2n) is 26.2. The lowest BCUT2D eigenvalue weighted by Crippen LogP contribution is -2.78. The molecular formula is C84H70N4Si2. The molecule has 0 radical (unpaired) electrons. The molecule has 90 heavy (non-hydrogen) atoms. The molecule has 0 aliphatic carbocycles. The molecule has 0 bridgehead atoms. The van der Waals surface area contributed by atoms with Crippen molar-refractivity contribution in [3.8, 4) is 34.2 Å². The van der Waals surface area contributed by atoms with Crippen molar-refractivity contribution < 1.29 is 0 Å². The first-order chi connectivity index (χ1) is 43.9. The molecule has 0 aliphatic rings. The van der Waals surface area contributed by atoms with Crippen LogP contribution in [0.2, 0.25) is 0 Å². The summed E-state index contributed by atoms with van der Waals surface area (Å²) in [4.78, 5) is 11.9. The zero-order chi connectivity index (χ0) is 61.2. The largest absolute Gasteiger partial charge is 0.294 e. The second-order valence-corrected chi connectivity index (χ2v) is 33.8. The summed E-state index contributed by atoms with van der Waals surface area (Å²) >= 11 is 0. The van der Waals surface area contributed by atoms with Crippen LogP contribution in [0.3, 0.4) is 0 Å². The van der Waals surface area contributed by atoms with Crippen LogP contribution in [0.4, 0.5) is 0 Å². The summed E-state index contributed by atoms with van der Waals surface area (Å²) in [7, 11) is -6.69. The molecule has 434 valence electrons. The smallest absolute Gasteiger partial charge is 0.237 e. The third-order valence-corrected chi connectivity index (χ3v) is 28.2. The minimum atomic E-state index is -3.39. The van der Waals surface area contributed by atoms with Crippen molar-refractivity contribution in [2.24, 2.45) is 0 Å². The van der Waals surface area contributed by atoms with Gasteiger partial charge in [-0.25, -0.2) is 4.98 Å². The minimum absolute atomic E-state index is 0.0720. The van der Waals surface area contributed by atoms with E-state index in [4.69, 9.17) is 9.97 Å². The Balaban J connectivity index is 1.13. The van der Waals surface area contributed by atoms with Gasteiger partial charge in [0.2, 0.25) is 5.95 Å². The Hall–Kier alpha value is -10.2. The van der Waals surface area contributed by atoms with Gasteiger partial charge in [-0.15, -0.1) is 0 Å². The predicted molar refractivity (Wildman–Crippen MR) is 386 cm³/mol. The van der Waals surface area contributed by atoms with Gasteiger partial charge < -0.3 is 0 Å². The molecule has 0 spiro atoms. The van der Waals surface area contributed by atoms with E-state index >= 15 is 0 Å². The number of nitrogens with zero attached hydrogens (tertiary/aromatic N) is 4. The molecule has 15 aromatic rings. The van der Waals surface area contributed by atoms with Crippen molar-refractivity contribution >= 4 is 101 Å². The molecule has 0 saturated heterocycles. The molecule has 15 rings (SSSR count). The Kier molecular flexibility index (Phi) is 14.0. The van der Waals surface area contributed by atoms with E-state index in [0.29, 0.717) is 5.95 Å². The van der Waals surface area contributed by atoms with E-state index in [0.717, 1.165) is 49.9 Å². The third-order valence-electron chi connectivity index (χ3n) is 18.7. The molecule has 4 nitrogen and oxygen atoms in total. The summed E-state index contributed by atoms with van der Waals surface area (Å²) in [6.45, 7) is 13.9. The third kappa shape index (κ3) is 9.49. The van der Waals surface area contributed by atoms with Crippen molar-refractivity contribution in [2.45, 2.75) is 52.4 Å². The standard InChI is InChI=1S/C84H70N4Si2/c1-83(2,3)62-48-50-79-74(55-62)75-56-63(84(4,5)6)49-51-80(75)87(79)81-58-76(85-82(86-81)88-77-46-27-25-44-72(77)73-45-26-28-47-78(73)88)61-53-70(89(64-33-15-8-16-34-64,65-35-17-9-18-36-65)66-37-19-10-20-38-66)57-71(54-61)90(67-39-21-11-22-40-67,68-41-23-12-24-42-68)69-43-29-32-60(52-69)59-30-13-7-14-31-59/h7-58H,1-6H3. The highest BCUT2D eigenvalue weighted by Gasteiger charge is 2.46. The molecule has 3 aromatic heterocycles. The highest BCUT2D eigenvalue weighted by molar-refractivity contribution is 7.22. The average Bonchev–Trinajstić information content (AvgIpc) is 1.34. The maximum absolute atomic E-state index is 6.02. The van der Waals surface area contributed by atoms with Gasteiger partial charge in [-0.2, -0.15) is 4.98 Å². The Bertz CT molecular complexity index is 4860. The lowest BCUT2D eigenvalue weighted by Gasteiger charge is -2.38. The van der Waals surface area contributed by atoms with E-state index < -0.39 is 16.1 Å². The molecule has 0 amide bonds. The van der Waals surface area contributed by atoms with Crippen molar-refractivity contribution in [1.82, 2.24) is 19.1 Å². The van der Waals surface area contributed by atoms with Crippen molar-refractivity contribution in [3.63, 3.8) is 0 Å². The van der Waals surface area contributed by atoms with E-state index in [1.54, 1.807) is 0 Å². The number of para-hydroxylation sites is 2. The van der Waals surface area contributed by atoms with Crippen LogP contribution in [0.25, 0.3) is 77.8 Å². The lowest BCUT2D eigenvalue weighted by atomic mass is 9.85. The lowest BCUT2D eigenvalue weighted by molar-refractivity contribution is 0.590. The van der Waals surface area contributed by atoms with E-state index in [1.807, 2.05) is 0 Å². The van der Waals surface area contributed by atoms with E-state index in [-0.39, 0.29) is 10.8 Å². The number of fused-ring (bicyclic) bond motifs is 6. The van der Waals surface area contributed by atoms with Gasteiger partial charge in [0.05, 0.1) is 27.8 Å². The van der Waals surface area contributed by atoms with E-state index in [1.165, 1.54) is 74.5 Å². The summed E-state index contributed by atoms with van der Waals surface area (Å²) in [5.74, 6) is 1.39. The minimum Gasteiger partial charge on any atom is -0.294 e. The fourth-order valence-electron chi connectivity index (χ4n) is 14.3. The Labute approximate surface area is 530 Å². The normalized spacial score (nSPS) is 12.3. The summed E-state index contributed by atoms with van der Waals surface area (Å²) in [5.41, 5.74) is 10.9. The van der Waals surface area contributed by atoms with Gasteiger partial charge >= 0.3 is 0 Å². The molecule has 12 aromatic carbocycles. The molecule has 6 heteroatoms. The van der Waals surface area contributed by atoms with Gasteiger partial charge in [-0.1, -0.05) is 315 Å². The van der Waals surface area contributed by atoms with E-state index in [2.05, 4.69) is 366 Å². The number of rotatable bonds is 12. The fraction of sp³-hybridized carbons (Fsp3) is 0.0952. The van der Waals surface area contributed by atoms with Gasteiger partial charge in [0.1, 0.15) is 5.82 Å². The van der Waals surface area contributed by atoms with Crippen LogP contribution in [0, 0.1) is 0 Å². The highest BCUT2D eigenvalue weighted by Crippen LogP contribution is 2.39. The van der Waals surface area contributed by atoms with Crippen LogP contribution in [0.15, 0.2) is 315 Å². The maximum atomic E-state index is 6.02. The second kappa shape index (κ2) is 22.4. The molecule has 3 heterocycles. The van der Waals surface area contributed by atoms with Gasteiger partial charge in [-0.05, 0) is 111 Å². The number of hydrogen-bond donors (Lipinski definition) is 0. The molecule has 0 atom stereocenters. The quantitative estimate of drug-likeness (QED) is 0.0903. The predicted octanol–water partition coefficient (Wildman–Crippen LogP) is 15.4. The summed E-state index contributed by atoms with van der Waals surface area (Å²) in [6.07, 6.45) is 0. The Morgan fingerprint density at radius 1 is 0.256 bits per heavy atom. The Morgan fingerprint density at radius 2 is 0.611 bits per heavy atom. The zero-order valence-electron chi connectivity index (χ0n) is 51.8. The molecule has 0 aliphatic heterocycles. The fourth-order valence-corrected chi connectivity index (χ4v) is 24.2. The van der Waals surface area contributed by atoms with E-state index in [9.17, 15) is 0 Å². The number of hydrogen-bond acceptors (Lipinski definition) is 2. The van der Waals surface area contributed by atoms with Gasteiger partial charge in [-0.3, -0.25) is 9.13 Å². The van der Waals surface area contributed by atoms with Crippen LogP contribution in [0.5, 0.6) is 0 Å². The molecule has 0 unspecified atom stereocenters. The number of aromatic nitrogens is 4. The summed E-state index contributed by atoms with van der Waals surface area (Å²) in [6, 6.07) is 119. The topological polar surface area (TPSA) is 35.6 Å². The first-order valence-corrected chi connectivity index (χ1v) is 35.5. The monoisotopic (exact) mass is 1190 g/mol.